The van der Waals surface area contributed by atoms with Crippen LogP contribution < -0.4 is 5.73 Å². The second-order valence-corrected chi connectivity index (χ2v) is 2.49. The first kappa shape index (κ1) is 7.06. The first-order chi connectivity index (χ1) is 4.70. The third-order valence-electron chi connectivity index (χ3n) is 1.63. The maximum Gasteiger partial charge on any atom is 0.155 e. The van der Waals surface area contributed by atoms with Gasteiger partial charge in [0.25, 0.3) is 0 Å². The van der Waals surface area contributed by atoms with E-state index in [0.29, 0.717) is 0 Å². The lowest BCUT2D eigenvalue weighted by Crippen LogP contribution is -2.05. The van der Waals surface area contributed by atoms with Crippen molar-refractivity contribution < 1.29 is 4.79 Å². The van der Waals surface area contributed by atoms with Gasteiger partial charge in [-0.15, -0.1) is 0 Å². The molecule has 0 fully saturated rings. The summed E-state index contributed by atoms with van der Waals surface area (Å²) >= 11 is 0. The van der Waals surface area contributed by atoms with Gasteiger partial charge in [-0.25, -0.2) is 0 Å². The van der Waals surface area contributed by atoms with Gasteiger partial charge in [-0.1, -0.05) is 6.08 Å². The molecule has 2 N–H and O–H groups in total. The van der Waals surface area contributed by atoms with E-state index in [1.54, 1.807) is 19.1 Å². The van der Waals surface area contributed by atoms with Gasteiger partial charge in [-0.2, -0.15) is 0 Å². The van der Waals surface area contributed by atoms with Crippen molar-refractivity contribution in [2.75, 3.05) is 0 Å². The van der Waals surface area contributed by atoms with E-state index in [9.17, 15) is 4.79 Å². The summed E-state index contributed by atoms with van der Waals surface area (Å²) in [6.45, 7) is 1.58. The summed E-state index contributed by atoms with van der Waals surface area (Å²) in [6.07, 6.45) is 5.24. The van der Waals surface area contributed by atoms with Crippen LogP contribution in [0.15, 0.2) is 23.4 Å². The fourth-order valence-corrected chi connectivity index (χ4v) is 0.947. The topological polar surface area (TPSA) is 43.1 Å². The quantitative estimate of drug-likeness (QED) is 0.589. The van der Waals surface area contributed by atoms with E-state index >= 15 is 0 Å². The van der Waals surface area contributed by atoms with Crippen LogP contribution >= 0.6 is 0 Å². The van der Waals surface area contributed by atoms with Crippen molar-refractivity contribution >= 4 is 5.78 Å². The van der Waals surface area contributed by atoms with Crippen molar-refractivity contribution in [2.45, 2.75) is 19.8 Å². The van der Waals surface area contributed by atoms with Gasteiger partial charge in [-0.3, -0.25) is 4.79 Å². The van der Waals surface area contributed by atoms with Crippen molar-refractivity contribution in [2.24, 2.45) is 5.73 Å². The van der Waals surface area contributed by atoms with E-state index in [0.717, 1.165) is 24.1 Å². The molecule has 0 saturated carbocycles. The van der Waals surface area contributed by atoms with E-state index < -0.39 is 0 Å². The minimum atomic E-state index is 0.156. The van der Waals surface area contributed by atoms with Crippen LogP contribution in [0.25, 0.3) is 0 Å². The van der Waals surface area contributed by atoms with Crippen LogP contribution in [0.1, 0.15) is 19.8 Å². The highest BCUT2D eigenvalue weighted by atomic mass is 16.1. The molecule has 0 heterocycles. The van der Waals surface area contributed by atoms with Crippen molar-refractivity contribution in [3.05, 3.63) is 23.4 Å². The zero-order chi connectivity index (χ0) is 7.56. The summed E-state index contributed by atoms with van der Waals surface area (Å²) in [5.74, 6) is 0.156. The van der Waals surface area contributed by atoms with Crippen LogP contribution in [-0.2, 0) is 4.79 Å². The second-order valence-electron chi connectivity index (χ2n) is 2.49. The molecule has 10 heavy (non-hydrogen) atoms. The number of hydrogen-bond donors (Lipinski definition) is 1. The highest BCUT2D eigenvalue weighted by Crippen LogP contribution is 2.14. The first-order valence-corrected chi connectivity index (χ1v) is 3.36. The molecule has 0 saturated heterocycles. The van der Waals surface area contributed by atoms with Crippen LogP contribution in [0.4, 0.5) is 0 Å². The normalized spacial score (nSPS) is 17.7. The standard InChI is InChI=1S/C8H11NO/c1-6(10)7-2-4-8(9)5-3-7/h2,4H,3,5,9H2,1H3. The number of nitrogens with two attached hydrogens (primary N) is 1. The van der Waals surface area contributed by atoms with Crippen molar-refractivity contribution in [1.29, 1.82) is 0 Å². The zero-order valence-corrected chi connectivity index (χ0v) is 6.05. The fourth-order valence-electron chi connectivity index (χ4n) is 0.947. The Kier molecular flexibility index (Phi) is 1.90. The molecule has 2 nitrogen and oxygen atoms in total. The van der Waals surface area contributed by atoms with Crippen molar-refractivity contribution in [1.82, 2.24) is 0 Å². The van der Waals surface area contributed by atoms with Crippen LogP contribution in [0.3, 0.4) is 0 Å². The predicted molar refractivity (Wildman–Crippen MR) is 40.3 cm³/mol. The minimum absolute atomic E-state index is 0.156. The number of ketones is 1. The number of carbonyl (C=O) groups is 1. The van der Waals surface area contributed by atoms with Crippen LogP contribution in [0.2, 0.25) is 0 Å². The smallest absolute Gasteiger partial charge is 0.155 e. The highest BCUT2D eigenvalue weighted by Gasteiger charge is 2.06. The Morgan fingerprint density at radius 2 is 2.20 bits per heavy atom. The summed E-state index contributed by atoms with van der Waals surface area (Å²) in [7, 11) is 0. The summed E-state index contributed by atoms with van der Waals surface area (Å²) in [6, 6.07) is 0. The van der Waals surface area contributed by atoms with Crippen LogP contribution in [-0.4, -0.2) is 5.78 Å². The van der Waals surface area contributed by atoms with Gasteiger partial charge >= 0.3 is 0 Å². The maximum absolute atomic E-state index is 10.8. The number of hydrogen-bond acceptors (Lipinski definition) is 2. The Labute approximate surface area is 60.4 Å². The number of allylic oxidation sites excluding steroid dienone is 4. The average Bonchev–Trinajstić information content (AvgIpc) is 1.88. The average molecular weight is 137 g/mol. The molecule has 0 amide bonds. The number of carbonyl (C=O) groups excluding carboxylic acids is 1. The van der Waals surface area contributed by atoms with Gasteiger partial charge < -0.3 is 5.73 Å². The molecule has 0 unspecified atom stereocenters. The Balaban J connectivity index is 2.74. The fraction of sp³-hybridized carbons (Fsp3) is 0.375. The van der Waals surface area contributed by atoms with Crippen LogP contribution in [0.5, 0.6) is 0 Å². The molecule has 0 aromatic carbocycles. The largest absolute Gasteiger partial charge is 0.402 e. The lowest BCUT2D eigenvalue weighted by atomic mass is 10.0. The maximum atomic E-state index is 10.8. The SMILES string of the molecule is CC(=O)C1=CC=C(N)CC1. The zero-order valence-electron chi connectivity index (χ0n) is 6.05. The molecular formula is C8H11NO. The Morgan fingerprint density at radius 3 is 2.60 bits per heavy atom. The number of rotatable bonds is 1. The lowest BCUT2D eigenvalue weighted by molar-refractivity contribution is -0.113. The van der Waals surface area contributed by atoms with Crippen molar-refractivity contribution in [3.8, 4) is 0 Å². The number of Topliss-reactive ketones (excluding diaryl/α,β-unsaturated/α-hetero) is 1. The molecule has 1 aliphatic rings. The molecule has 2 heteroatoms. The van der Waals surface area contributed by atoms with E-state index in [2.05, 4.69) is 0 Å². The summed E-state index contributed by atoms with van der Waals surface area (Å²) < 4.78 is 0. The van der Waals surface area contributed by atoms with Crippen LogP contribution in [0, 0.1) is 0 Å². The molecule has 0 radical (unpaired) electrons. The summed E-state index contributed by atoms with van der Waals surface area (Å²) in [4.78, 5) is 10.8. The molecule has 0 aliphatic heterocycles. The van der Waals surface area contributed by atoms with Gasteiger partial charge in [0.1, 0.15) is 0 Å². The minimum Gasteiger partial charge on any atom is -0.402 e. The van der Waals surface area contributed by atoms with E-state index in [-0.39, 0.29) is 5.78 Å². The molecule has 0 aromatic rings. The van der Waals surface area contributed by atoms with Gasteiger partial charge in [-0.05, 0) is 31.4 Å². The molecule has 0 aromatic heterocycles. The first-order valence-electron chi connectivity index (χ1n) is 3.36. The molecule has 0 bridgehead atoms. The lowest BCUT2D eigenvalue weighted by Gasteiger charge is -2.07. The predicted octanol–water partition coefficient (Wildman–Crippen LogP) is 1.14. The third kappa shape index (κ3) is 1.47. The Morgan fingerprint density at radius 1 is 1.50 bits per heavy atom. The van der Waals surface area contributed by atoms with E-state index in [1.165, 1.54) is 0 Å². The van der Waals surface area contributed by atoms with E-state index in [4.69, 9.17) is 5.73 Å². The van der Waals surface area contributed by atoms with Gasteiger partial charge in [0.2, 0.25) is 0 Å². The molecule has 0 spiro atoms. The van der Waals surface area contributed by atoms with Gasteiger partial charge in [0.05, 0.1) is 0 Å². The monoisotopic (exact) mass is 137 g/mol. The Hall–Kier alpha value is -1.05. The van der Waals surface area contributed by atoms with Gasteiger partial charge in [0.15, 0.2) is 5.78 Å². The van der Waals surface area contributed by atoms with Crippen molar-refractivity contribution in [3.63, 3.8) is 0 Å². The summed E-state index contributed by atoms with van der Waals surface area (Å²) in [5, 5.41) is 0. The molecule has 54 valence electrons. The molecule has 1 aliphatic carbocycles. The van der Waals surface area contributed by atoms with Gasteiger partial charge in [0, 0.05) is 5.70 Å². The molecule has 1 rings (SSSR count). The molecular weight excluding hydrogens is 126 g/mol. The second kappa shape index (κ2) is 2.69. The molecule has 0 atom stereocenters. The third-order valence-corrected chi connectivity index (χ3v) is 1.63. The summed E-state index contributed by atoms with van der Waals surface area (Å²) in [5.41, 5.74) is 7.25. The highest BCUT2D eigenvalue weighted by molar-refractivity contribution is 5.93. The van der Waals surface area contributed by atoms with E-state index in [1.807, 2.05) is 0 Å². The Bertz CT molecular complexity index is 213.